The van der Waals surface area contributed by atoms with E-state index < -0.39 is 23.6 Å². The predicted octanol–water partition coefficient (Wildman–Crippen LogP) is 3.91. The third-order valence-electron chi connectivity index (χ3n) is 3.17. The number of alkyl halides is 3. The Labute approximate surface area is 113 Å². The summed E-state index contributed by atoms with van der Waals surface area (Å²) < 4.78 is 50.7. The molecule has 0 saturated heterocycles. The van der Waals surface area contributed by atoms with Crippen molar-refractivity contribution in [3.63, 3.8) is 0 Å². The van der Waals surface area contributed by atoms with Crippen molar-refractivity contribution < 1.29 is 22.4 Å². The molecule has 1 aliphatic rings. The molecule has 0 spiro atoms. The SMILES string of the molecule is O=C(Nc1cc(F)cc(C(F)(F)F)c1)NC1CCCC1. The van der Waals surface area contributed by atoms with E-state index >= 15 is 0 Å². The van der Waals surface area contributed by atoms with Gasteiger partial charge in [-0.3, -0.25) is 0 Å². The number of urea groups is 1. The standard InChI is InChI=1S/C13H14F4N2O/c14-9-5-8(13(15,16)17)6-11(7-9)19-12(20)18-10-3-1-2-4-10/h5-7,10H,1-4H2,(H2,18,19,20). The Morgan fingerprint density at radius 1 is 1.15 bits per heavy atom. The average molecular weight is 290 g/mol. The molecule has 1 aromatic rings. The van der Waals surface area contributed by atoms with E-state index in [1.165, 1.54) is 0 Å². The molecule has 7 heteroatoms. The molecule has 20 heavy (non-hydrogen) atoms. The summed E-state index contributed by atoms with van der Waals surface area (Å²) >= 11 is 0. The van der Waals surface area contributed by atoms with E-state index in [-0.39, 0.29) is 11.7 Å². The molecule has 0 unspecified atom stereocenters. The molecule has 1 aliphatic carbocycles. The monoisotopic (exact) mass is 290 g/mol. The summed E-state index contributed by atoms with van der Waals surface area (Å²) in [6.07, 6.45) is -0.915. The maximum atomic E-state index is 13.1. The lowest BCUT2D eigenvalue weighted by atomic mass is 10.2. The smallest absolute Gasteiger partial charge is 0.335 e. The van der Waals surface area contributed by atoms with E-state index in [1.54, 1.807) is 0 Å². The van der Waals surface area contributed by atoms with Crippen LogP contribution in [0.3, 0.4) is 0 Å². The van der Waals surface area contributed by atoms with Gasteiger partial charge in [0.15, 0.2) is 0 Å². The van der Waals surface area contributed by atoms with Gasteiger partial charge in [0.25, 0.3) is 0 Å². The Hall–Kier alpha value is -1.79. The Balaban J connectivity index is 2.04. The van der Waals surface area contributed by atoms with Gasteiger partial charge in [0, 0.05) is 11.7 Å². The Bertz CT molecular complexity index is 496. The molecule has 1 aromatic carbocycles. The third-order valence-corrected chi connectivity index (χ3v) is 3.17. The quantitative estimate of drug-likeness (QED) is 0.797. The van der Waals surface area contributed by atoms with Gasteiger partial charge < -0.3 is 10.6 Å². The number of nitrogens with one attached hydrogen (secondary N) is 2. The highest BCUT2D eigenvalue weighted by atomic mass is 19.4. The summed E-state index contributed by atoms with van der Waals surface area (Å²) in [5.74, 6) is -1.05. The summed E-state index contributed by atoms with van der Waals surface area (Å²) in [5, 5.41) is 4.88. The minimum atomic E-state index is -4.65. The van der Waals surface area contributed by atoms with Gasteiger partial charge in [-0.2, -0.15) is 13.2 Å². The molecule has 1 saturated carbocycles. The molecule has 3 nitrogen and oxygen atoms in total. The normalized spacial score (nSPS) is 16.2. The van der Waals surface area contributed by atoms with Gasteiger partial charge in [-0.05, 0) is 31.0 Å². The fraction of sp³-hybridized carbons (Fsp3) is 0.462. The maximum Gasteiger partial charge on any atom is 0.416 e. The maximum absolute atomic E-state index is 13.1. The van der Waals surface area contributed by atoms with Crippen LogP contribution in [0.15, 0.2) is 18.2 Å². The molecule has 2 rings (SSSR count). The number of carbonyl (C=O) groups is 1. The summed E-state index contributed by atoms with van der Waals surface area (Å²) in [6.45, 7) is 0. The Morgan fingerprint density at radius 3 is 2.40 bits per heavy atom. The van der Waals surface area contributed by atoms with Crippen LogP contribution in [0.5, 0.6) is 0 Å². The Kier molecular flexibility index (Phi) is 4.15. The second kappa shape index (κ2) is 5.68. The van der Waals surface area contributed by atoms with Crippen LogP contribution in [0.2, 0.25) is 0 Å². The first-order valence-corrected chi connectivity index (χ1v) is 6.30. The van der Waals surface area contributed by atoms with Crippen molar-refractivity contribution in [3.8, 4) is 0 Å². The van der Waals surface area contributed by atoms with E-state index in [1.807, 2.05) is 0 Å². The molecule has 0 aromatic heterocycles. The van der Waals surface area contributed by atoms with Crippen molar-refractivity contribution in [3.05, 3.63) is 29.6 Å². The average Bonchev–Trinajstić information content (AvgIpc) is 2.79. The lowest BCUT2D eigenvalue weighted by molar-refractivity contribution is -0.137. The molecule has 2 N–H and O–H groups in total. The minimum absolute atomic E-state index is 0.0330. The van der Waals surface area contributed by atoms with Crippen molar-refractivity contribution in [2.75, 3.05) is 5.32 Å². The van der Waals surface area contributed by atoms with E-state index in [0.717, 1.165) is 31.7 Å². The van der Waals surface area contributed by atoms with Gasteiger partial charge in [-0.15, -0.1) is 0 Å². The molecule has 110 valence electrons. The molecular formula is C13H14F4N2O. The van der Waals surface area contributed by atoms with Crippen LogP contribution >= 0.6 is 0 Å². The van der Waals surface area contributed by atoms with Gasteiger partial charge >= 0.3 is 12.2 Å². The van der Waals surface area contributed by atoms with Gasteiger partial charge in [0.2, 0.25) is 0 Å². The van der Waals surface area contributed by atoms with Crippen molar-refractivity contribution >= 4 is 11.7 Å². The van der Waals surface area contributed by atoms with Crippen LogP contribution in [-0.4, -0.2) is 12.1 Å². The number of hydrogen-bond donors (Lipinski definition) is 2. The van der Waals surface area contributed by atoms with Crippen LogP contribution in [0.4, 0.5) is 28.0 Å². The number of benzene rings is 1. The van der Waals surface area contributed by atoms with Gasteiger partial charge in [-0.1, -0.05) is 12.8 Å². The zero-order valence-electron chi connectivity index (χ0n) is 10.6. The van der Waals surface area contributed by atoms with Gasteiger partial charge in [0.05, 0.1) is 5.56 Å². The zero-order chi connectivity index (χ0) is 14.8. The van der Waals surface area contributed by atoms with Crippen molar-refractivity contribution in [1.29, 1.82) is 0 Å². The molecule has 1 fully saturated rings. The number of hydrogen-bond acceptors (Lipinski definition) is 1. The molecular weight excluding hydrogens is 276 g/mol. The zero-order valence-corrected chi connectivity index (χ0v) is 10.6. The predicted molar refractivity (Wildman–Crippen MR) is 65.8 cm³/mol. The first-order chi connectivity index (χ1) is 9.34. The fourth-order valence-electron chi connectivity index (χ4n) is 2.25. The highest BCUT2D eigenvalue weighted by molar-refractivity contribution is 5.89. The molecule has 2 amide bonds. The molecule has 0 bridgehead atoms. The van der Waals surface area contributed by atoms with E-state index in [4.69, 9.17) is 0 Å². The Morgan fingerprint density at radius 2 is 1.80 bits per heavy atom. The number of amides is 2. The number of rotatable bonds is 2. The number of carbonyl (C=O) groups excluding carboxylic acids is 1. The second-order valence-electron chi connectivity index (χ2n) is 4.81. The summed E-state index contributed by atoms with van der Waals surface area (Å²) in [4.78, 5) is 11.6. The van der Waals surface area contributed by atoms with E-state index in [9.17, 15) is 22.4 Å². The van der Waals surface area contributed by atoms with Crippen molar-refractivity contribution in [1.82, 2.24) is 5.32 Å². The highest BCUT2D eigenvalue weighted by Gasteiger charge is 2.31. The van der Waals surface area contributed by atoms with Gasteiger partial charge in [-0.25, -0.2) is 9.18 Å². The number of halogens is 4. The number of anilines is 1. The third kappa shape index (κ3) is 3.85. The summed E-state index contributed by atoms with van der Waals surface area (Å²) in [7, 11) is 0. The molecule has 0 atom stereocenters. The molecule has 0 heterocycles. The van der Waals surface area contributed by atoms with Crippen molar-refractivity contribution in [2.45, 2.75) is 37.9 Å². The van der Waals surface area contributed by atoms with E-state index in [0.29, 0.717) is 12.1 Å². The first-order valence-electron chi connectivity index (χ1n) is 6.30. The topological polar surface area (TPSA) is 41.1 Å². The van der Waals surface area contributed by atoms with Crippen LogP contribution < -0.4 is 10.6 Å². The lowest BCUT2D eigenvalue weighted by Crippen LogP contribution is -2.36. The van der Waals surface area contributed by atoms with Gasteiger partial charge in [0.1, 0.15) is 5.82 Å². The fourth-order valence-corrected chi connectivity index (χ4v) is 2.25. The lowest BCUT2D eigenvalue weighted by Gasteiger charge is -2.14. The van der Waals surface area contributed by atoms with Crippen LogP contribution in [0.25, 0.3) is 0 Å². The minimum Gasteiger partial charge on any atom is -0.335 e. The first kappa shape index (κ1) is 14.6. The summed E-state index contributed by atoms with van der Waals surface area (Å²) in [5.41, 5.74) is -1.35. The molecule has 0 radical (unpaired) electrons. The van der Waals surface area contributed by atoms with E-state index in [2.05, 4.69) is 10.6 Å². The van der Waals surface area contributed by atoms with Crippen LogP contribution in [-0.2, 0) is 6.18 Å². The molecule has 0 aliphatic heterocycles. The van der Waals surface area contributed by atoms with Crippen LogP contribution in [0, 0.1) is 5.82 Å². The highest BCUT2D eigenvalue weighted by Crippen LogP contribution is 2.31. The van der Waals surface area contributed by atoms with Crippen LogP contribution in [0.1, 0.15) is 31.2 Å². The largest absolute Gasteiger partial charge is 0.416 e. The van der Waals surface area contributed by atoms with Crippen molar-refractivity contribution in [2.24, 2.45) is 0 Å². The summed E-state index contributed by atoms with van der Waals surface area (Å²) in [6, 6.07) is 1.36. The second-order valence-corrected chi connectivity index (χ2v) is 4.81.